The summed E-state index contributed by atoms with van der Waals surface area (Å²) < 4.78 is 11.1. The Bertz CT molecular complexity index is 1170. The van der Waals surface area contributed by atoms with Crippen molar-refractivity contribution >= 4 is 28.8 Å². The Morgan fingerprint density at radius 1 is 1.03 bits per heavy atom. The molecule has 1 unspecified atom stereocenters. The lowest BCUT2D eigenvalue weighted by atomic mass is 10.0. The number of nitrogens with one attached hydrogen (secondary N) is 2. The van der Waals surface area contributed by atoms with Crippen molar-refractivity contribution in [2.45, 2.75) is 39.7 Å². The number of hydrogen-bond acceptors (Lipinski definition) is 5. The molecule has 0 fully saturated rings. The first-order chi connectivity index (χ1) is 16.9. The lowest BCUT2D eigenvalue weighted by Crippen LogP contribution is -2.48. The Labute approximate surface area is 206 Å². The monoisotopic (exact) mass is 475 g/mol. The average molecular weight is 476 g/mol. The van der Waals surface area contributed by atoms with Crippen molar-refractivity contribution in [1.29, 1.82) is 0 Å². The minimum Gasteiger partial charge on any atom is -0.497 e. The SMILES string of the molecule is CCCCOc1ccc2ccccc2c1C=NNC(=O)C(NC(=O)c1ccc(OC)cc1)C(C)C. The summed E-state index contributed by atoms with van der Waals surface area (Å²) in [6, 6.07) is 17.8. The third kappa shape index (κ3) is 6.82. The van der Waals surface area contributed by atoms with Crippen LogP contribution in [0.25, 0.3) is 10.8 Å². The zero-order chi connectivity index (χ0) is 25.2. The minimum atomic E-state index is -0.755. The number of methoxy groups -OCH3 is 1. The number of hydrazone groups is 1. The first-order valence-electron chi connectivity index (χ1n) is 11.9. The summed E-state index contributed by atoms with van der Waals surface area (Å²) in [4.78, 5) is 25.6. The number of ether oxygens (including phenoxy) is 2. The molecule has 0 aromatic heterocycles. The fraction of sp³-hybridized carbons (Fsp3) is 0.321. The maximum absolute atomic E-state index is 12.9. The molecule has 0 saturated carbocycles. The summed E-state index contributed by atoms with van der Waals surface area (Å²) >= 11 is 0. The van der Waals surface area contributed by atoms with Crippen molar-refractivity contribution in [1.82, 2.24) is 10.7 Å². The molecule has 7 heteroatoms. The maximum Gasteiger partial charge on any atom is 0.262 e. The number of fused-ring (bicyclic) bond motifs is 1. The Morgan fingerprint density at radius 2 is 1.77 bits per heavy atom. The summed E-state index contributed by atoms with van der Waals surface area (Å²) in [6.45, 7) is 6.45. The van der Waals surface area contributed by atoms with E-state index in [9.17, 15) is 9.59 Å². The fourth-order valence-electron chi connectivity index (χ4n) is 3.59. The molecule has 3 aromatic carbocycles. The molecule has 0 aliphatic rings. The van der Waals surface area contributed by atoms with Gasteiger partial charge in [0.15, 0.2) is 0 Å². The normalized spacial score (nSPS) is 12.0. The molecule has 1 atom stereocenters. The van der Waals surface area contributed by atoms with Gasteiger partial charge in [0.25, 0.3) is 11.8 Å². The molecule has 0 aliphatic carbocycles. The van der Waals surface area contributed by atoms with Crippen molar-refractivity contribution in [3.05, 3.63) is 71.8 Å². The maximum atomic E-state index is 12.9. The van der Waals surface area contributed by atoms with Crippen molar-refractivity contribution in [2.24, 2.45) is 11.0 Å². The number of carbonyl (C=O) groups excluding carboxylic acids is 2. The van der Waals surface area contributed by atoms with Gasteiger partial charge in [-0.05, 0) is 53.4 Å². The summed E-state index contributed by atoms with van der Waals surface area (Å²) in [5.74, 6) is 0.486. The zero-order valence-electron chi connectivity index (χ0n) is 20.7. The number of unbranched alkanes of at least 4 members (excludes halogenated alkanes) is 1. The van der Waals surface area contributed by atoms with E-state index in [2.05, 4.69) is 22.8 Å². The molecular formula is C28H33N3O4. The molecular weight excluding hydrogens is 442 g/mol. The van der Waals surface area contributed by atoms with E-state index in [1.54, 1.807) is 37.6 Å². The third-order valence-electron chi connectivity index (χ3n) is 5.64. The lowest BCUT2D eigenvalue weighted by Gasteiger charge is -2.20. The summed E-state index contributed by atoms with van der Waals surface area (Å²) in [6.07, 6.45) is 3.58. The van der Waals surface area contributed by atoms with Crippen LogP contribution in [0.4, 0.5) is 0 Å². The van der Waals surface area contributed by atoms with Gasteiger partial charge in [0.2, 0.25) is 0 Å². The molecule has 7 nitrogen and oxygen atoms in total. The van der Waals surface area contributed by atoms with Gasteiger partial charge in [-0.3, -0.25) is 9.59 Å². The first-order valence-corrected chi connectivity index (χ1v) is 11.9. The molecule has 0 aliphatic heterocycles. The minimum absolute atomic E-state index is 0.141. The van der Waals surface area contributed by atoms with Crippen molar-refractivity contribution in [2.75, 3.05) is 13.7 Å². The molecule has 0 heterocycles. The van der Waals surface area contributed by atoms with E-state index in [1.165, 1.54) is 0 Å². The van der Waals surface area contributed by atoms with Crippen LogP contribution in [0.2, 0.25) is 0 Å². The lowest BCUT2D eigenvalue weighted by molar-refractivity contribution is -0.123. The first kappa shape index (κ1) is 25.7. The van der Waals surface area contributed by atoms with Crippen LogP contribution in [0.15, 0.2) is 65.8 Å². The molecule has 2 amide bonds. The molecule has 3 aromatic rings. The Hall–Kier alpha value is -3.87. The predicted octanol–water partition coefficient (Wildman–Crippen LogP) is 4.93. The number of carbonyl (C=O) groups is 2. The molecule has 0 radical (unpaired) electrons. The van der Waals surface area contributed by atoms with Crippen molar-refractivity contribution < 1.29 is 19.1 Å². The van der Waals surface area contributed by atoms with Crippen LogP contribution in [0.1, 0.15) is 49.5 Å². The highest BCUT2D eigenvalue weighted by molar-refractivity contribution is 6.03. The largest absolute Gasteiger partial charge is 0.497 e. The van der Waals surface area contributed by atoms with Gasteiger partial charge in [-0.1, -0.05) is 57.5 Å². The molecule has 0 bridgehead atoms. The quantitative estimate of drug-likeness (QED) is 0.234. The van der Waals surface area contributed by atoms with Crippen molar-refractivity contribution in [3.63, 3.8) is 0 Å². The number of benzene rings is 3. The van der Waals surface area contributed by atoms with Crippen LogP contribution in [-0.4, -0.2) is 37.8 Å². The summed E-state index contributed by atoms with van der Waals surface area (Å²) in [7, 11) is 1.56. The van der Waals surface area contributed by atoms with Gasteiger partial charge in [-0.25, -0.2) is 5.43 Å². The van der Waals surface area contributed by atoms with Gasteiger partial charge in [0, 0.05) is 11.1 Å². The van der Waals surface area contributed by atoms with Gasteiger partial charge >= 0.3 is 0 Å². The molecule has 0 spiro atoms. The van der Waals surface area contributed by atoms with Gasteiger partial charge in [0.05, 0.1) is 19.9 Å². The van der Waals surface area contributed by atoms with Crippen LogP contribution < -0.4 is 20.2 Å². The Morgan fingerprint density at radius 3 is 2.46 bits per heavy atom. The predicted molar refractivity (Wildman–Crippen MR) is 139 cm³/mol. The van der Waals surface area contributed by atoms with E-state index in [-0.39, 0.29) is 11.8 Å². The Kier molecular flexibility index (Phi) is 9.23. The van der Waals surface area contributed by atoms with Crippen LogP contribution in [0.3, 0.4) is 0 Å². The highest BCUT2D eigenvalue weighted by Gasteiger charge is 2.24. The van der Waals surface area contributed by atoms with Crippen LogP contribution in [0.5, 0.6) is 11.5 Å². The second-order valence-corrected chi connectivity index (χ2v) is 8.56. The highest BCUT2D eigenvalue weighted by atomic mass is 16.5. The highest BCUT2D eigenvalue weighted by Crippen LogP contribution is 2.27. The fourth-order valence-corrected chi connectivity index (χ4v) is 3.59. The standard InChI is InChI=1S/C28H33N3O4/c1-5-6-17-35-25-16-13-20-9-7-8-10-23(20)24(25)18-29-31-28(33)26(19(2)3)30-27(32)21-11-14-22(34-4)15-12-21/h7-16,18-19,26H,5-6,17H2,1-4H3,(H,30,32)(H,31,33). The van der Waals surface area contributed by atoms with Gasteiger partial charge in [-0.15, -0.1) is 0 Å². The van der Waals surface area contributed by atoms with Gasteiger partial charge < -0.3 is 14.8 Å². The van der Waals surface area contributed by atoms with E-state index < -0.39 is 11.9 Å². The third-order valence-corrected chi connectivity index (χ3v) is 5.64. The van der Waals surface area contributed by atoms with E-state index in [0.717, 1.165) is 29.2 Å². The molecule has 0 saturated heterocycles. The van der Waals surface area contributed by atoms with E-state index in [0.29, 0.717) is 23.7 Å². The molecule has 2 N–H and O–H groups in total. The van der Waals surface area contributed by atoms with Gasteiger partial charge in [0.1, 0.15) is 17.5 Å². The second-order valence-electron chi connectivity index (χ2n) is 8.56. The van der Waals surface area contributed by atoms with E-state index in [4.69, 9.17) is 9.47 Å². The smallest absolute Gasteiger partial charge is 0.262 e. The topological polar surface area (TPSA) is 89.0 Å². The zero-order valence-corrected chi connectivity index (χ0v) is 20.7. The van der Waals surface area contributed by atoms with Crippen LogP contribution in [-0.2, 0) is 4.79 Å². The van der Waals surface area contributed by atoms with Crippen LogP contribution in [0, 0.1) is 5.92 Å². The van der Waals surface area contributed by atoms with Crippen LogP contribution >= 0.6 is 0 Å². The molecule has 184 valence electrons. The number of hydrogen-bond donors (Lipinski definition) is 2. The summed E-state index contributed by atoms with van der Waals surface area (Å²) in [5, 5.41) is 9.05. The molecule has 3 rings (SSSR count). The van der Waals surface area contributed by atoms with Crippen molar-refractivity contribution in [3.8, 4) is 11.5 Å². The number of rotatable bonds is 11. The van der Waals surface area contributed by atoms with E-state index in [1.807, 2.05) is 50.2 Å². The van der Waals surface area contributed by atoms with Gasteiger partial charge in [-0.2, -0.15) is 5.10 Å². The Balaban J connectivity index is 1.74. The molecule has 35 heavy (non-hydrogen) atoms. The van der Waals surface area contributed by atoms with E-state index >= 15 is 0 Å². The number of amides is 2. The number of nitrogens with zero attached hydrogens (tertiary/aromatic N) is 1. The summed E-state index contributed by atoms with van der Waals surface area (Å²) in [5.41, 5.74) is 3.82. The second kappa shape index (κ2) is 12.6. The average Bonchev–Trinajstić information content (AvgIpc) is 2.87.